The first-order valence-corrected chi connectivity index (χ1v) is 4.64. The Bertz CT molecular complexity index is 549. The van der Waals surface area contributed by atoms with E-state index in [9.17, 15) is 9.18 Å². The zero-order valence-electron chi connectivity index (χ0n) is 8.51. The molecule has 1 heterocycles. The second kappa shape index (κ2) is 3.77. The van der Waals surface area contributed by atoms with Gasteiger partial charge in [0.25, 0.3) is 0 Å². The fraction of sp³-hybridized carbons (Fsp3) is 0.0909. The van der Waals surface area contributed by atoms with Crippen LogP contribution in [-0.4, -0.2) is 20.6 Å². The quantitative estimate of drug-likeness (QED) is 0.842. The lowest BCUT2D eigenvalue weighted by atomic mass is 10.3. The van der Waals surface area contributed by atoms with E-state index in [-0.39, 0.29) is 11.5 Å². The zero-order valence-corrected chi connectivity index (χ0v) is 8.51. The number of carboxylic acid groups (broad SMARTS) is 1. The first kappa shape index (κ1) is 10.4. The summed E-state index contributed by atoms with van der Waals surface area (Å²) in [5, 5.41) is 8.93. The number of para-hydroxylation sites is 1. The number of nitrogens with zero attached hydrogens (tertiary/aromatic N) is 2. The third-order valence-corrected chi connectivity index (χ3v) is 2.22. The van der Waals surface area contributed by atoms with Gasteiger partial charge in [-0.05, 0) is 19.1 Å². The molecule has 0 fully saturated rings. The van der Waals surface area contributed by atoms with Crippen LogP contribution in [0.15, 0.2) is 30.5 Å². The average molecular weight is 220 g/mol. The standard InChI is InChI=1S/C11H9FN2O2/c1-7-6-13-10(11(15)16)14(7)9-5-3-2-4-8(9)12/h2-6H,1H3,(H,15,16). The van der Waals surface area contributed by atoms with Crippen LogP contribution in [0.5, 0.6) is 0 Å². The molecule has 0 saturated carbocycles. The highest BCUT2D eigenvalue weighted by Gasteiger charge is 2.17. The molecule has 0 spiro atoms. The SMILES string of the molecule is Cc1cnc(C(=O)O)n1-c1ccccc1F. The van der Waals surface area contributed by atoms with E-state index in [1.807, 2.05) is 0 Å². The molecule has 1 aromatic carbocycles. The van der Waals surface area contributed by atoms with Crippen molar-refractivity contribution in [2.45, 2.75) is 6.92 Å². The van der Waals surface area contributed by atoms with E-state index < -0.39 is 11.8 Å². The molecule has 16 heavy (non-hydrogen) atoms. The molecule has 0 aliphatic carbocycles. The van der Waals surface area contributed by atoms with E-state index in [1.165, 1.54) is 22.9 Å². The molecule has 0 aliphatic heterocycles. The minimum absolute atomic E-state index is 0.190. The van der Waals surface area contributed by atoms with Crippen molar-refractivity contribution >= 4 is 5.97 Å². The van der Waals surface area contributed by atoms with Gasteiger partial charge in [0.15, 0.2) is 0 Å². The Morgan fingerprint density at radius 1 is 1.44 bits per heavy atom. The van der Waals surface area contributed by atoms with Crippen molar-refractivity contribution in [3.05, 3.63) is 47.8 Å². The number of carbonyl (C=O) groups is 1. The number of imidazole rings is 1. The van der Waals surface area contributed by atoms with E-state index in [4.69, 9.17) is 5.11 Å². The molecule has 0 aliphatic rings. The summed E-state index contributed by atoms with van der Waals surface area (Å²) in [6.07, 6.45) is 1.40. The first-order chi connectivity index (χ1) is 7.61. The number of aromatic carboxylic acids is 1. The van der Waals surface area contributed by atoms with Gasteiger partial charge in [0.1, 0.15) is 5.82 Å². The van der Waals surface area contributed by atoms with Crippen molar-refractivity contribution in [2.24, 2.45) is 0 Å². The van der Waals surface area contributed by atoms with Crippen molar-refractivity contribution < 1.29 is 14.3 Å². The summed E-state index contributed by atoms with van der Waals surface area (Å²) in [4.78, 5) is 14.6. The number of aromatic nitrogens is 2. The molecule has 1 N–H and O–H groups in total. The topological polar surface area (TPSA) is 55.1 Å². The van der Waals surface area contributed by atoms with Gasteiger partial charge in [-0.25, -0.2) is 14.2 Å². The molecule has 1 aromatic heterocycles. The fourth-order valence-corrected chi connectivity index (χ4v) is 1.53. The van der Waals surface area contributed by atoms with Gasteiger partial charge in [-0.15, -0.1) is 0 Å². The van der Waals surface area contributed by atoms with Crippen LogP contribution in [0.2, 0.25) is 0 Å². The summed E-state index contributed by atoms with van der Waals surface area (Å²) in [6, 6.07) is 5.98. The molecule has 2 rings (SSSR count). The third kappa shape index (κ3) is 1.56. The van der Waals surface area contributed by atoms with Gasteiger partial charge < -0.3 is 5.11 Å². The van der Waals surface area contributed by atoms with Crippen molar-refractivity contribution in [2.75, 3.05) is 0 Å². The van der Waals surface area contributed by atoms with E-state index in [0.717, 1.165) is 0 Å². The summed E-state index contributed by atoms with van der Waals surface area (Å²) in [5.74, 6) is -1.86. The van der Waals surface area contributed by atoms with Gasteiger partial charge in [-0.2, -0.15) is 0 Å². The lowest BCUT2D eigenvalue weighted by molar-refractivity contribution is 0.0681. The van der Waals surface area contributed by atoms with E-state index in [0.29, 0.717) is 5.69 Å². The molecule has 0 bridgehead atoms. The highest BCUT2D eigenvalue weighted by atomic mass is 19.1. The number of halogens is 1. The molecule has 2 aromatic rings. The number of benzene rings is 1. The number of hydrogen-bond acceptors (Lipinski definition) is 2. The Balaban J connectivity index is 2.68. The molecule has 82 valence electrons. The van der Waals surface area contributed by atoms with Gasteiger partial charge in [0.05, 0.1) is 5.69 Å². The van der Waals surface area contributed by atoms with Crippen molar-refractivity contribution in [1.82, 2.24) is 9.55 Å². The first-order valence-electron chi connectivity index (χ1n) is 4.64. The second-order valence-electron chi connectivity index (χ2n) is 3.32. The highest BCUT2D eigenvalue weighted by molar-refractivity contribution is 5.84. The van der Waals surface area contributed by atoms with Crippen LogP contribution in [0.25, 0.3) is 5.69 Å². The zero-order chi connectivity index (χ0) is 11.7. The third-order valence-electron chi connectivity index (χ3n) is 2.22. The number of hydrogen-bond donors (Lipinski definition) is 1. The van der Waals surface area contributed by atoms with E-state index >= 15 is 0 Å². The Morgan fingerprint density at radius 3 is 2.75 bits per heavy atom. The van der Waals surface area contributed by atoms with Gasteiger partial charge >= 0.3 is 5.97 Å². The predicted molar refractivity (Wildman–Crippen MR) is 55.2 cm³/mol. The molecular formula is C11H9FN2O2. The van der Waals surface area contributed by atoms with E-state index in [1.54, 1.807) is 19.1 Å². The summed E-state index contributed by atoms with van der Waals surface area (Å²) >= 11 is 0. The van der Waals surface area contributed by atoms with Crippen LogP contribution in [0.1, 0.15) is 16.3 Å². The van der Waals surface area contributed by atoms with Gasteiger partial charge in [0, 0.05) is 11.9 Å². The Kier molecular flexibility index (Phi) is 2.44. The predicted octanol–water partition coefficient (Wildman–Crippen LogP) is 2.02. The van der Waals surface area contributed by atoms with Crippen LogP contribution in [0.3, 0.4) is 0 Å². The lowest BCUT2D eigenvalue weighted by Gasteiger charge is -2.08. The molecule has 0 saturated heterocycles. The van der Waals surface area contributed by atoms with Gasteiger partial charge in [0.2, 0.25) is 5.82 Å². The van der Waals surface area contributed by atoms with E-state index in [2.05, 4.69) is 4.98 Å². The normalized spacial score (nSPS) is 10.4. The van der Waals surface area contributed by atoms with Crippen LogP contribution < -0.4 is 0 Å². The maximum atomic E-state index is 13.5. The monoisotopic (exact) mass is 220 g/mol. The summed E-state index contributed by atoms with van der Waals surface area (Å²) in [6.45, 7) is 1.67. The molecule has 0 unspecified atom stereocenters. The number of aryl methyl sites for hydroxylation is 1. The number of rotatable bonds is 2. The Hall–Kier alpha value is -2.17. The minimum Gasteiger partial charge on any atom is -0.475 e. The van der Waals surface area contributed by atoms with Gasteiger partial charge in [-0.3, -0.25) is 4.57 Å². The Morgan fingerprint density at radius 2 is 2.12 bits per heavy atom. The average Bonchev–Trinajstić information content (AvgIpc) is 2.61. The molecular weight excluding hydrogens is 211 g/mol. The molecule has 0 radical (unpaired) electrons. The molecule has 0 amide bonds. The van der Waals surface area contributed by atoms with Crippen LogP contribution in [0, 0.1) is 12.7 Å². The van der Waals surface area contributed by atoms with Crippen molar-refractivity contribution in [3.8, 4) is 5.69 Å². The lowest BCUT2D eigenvalue weighted by Crippen LogP contribution is -2.10. The van der Waals surface area contributed by atoms with Crippen molar-refractivity contribution in [3.63, 3.8) is 0 Å². The highest BCUT2D eigenvalue weighted by Crippen LogP contribution is 2.17. The fourth-order valence-electron chi connectivity index (χ4n) is 1.53. The summed E-state index contributed by atoms with van der Waals surface area (Å²) in [7, 11) is 0. The summed E-state index contributed by atoms with van der Waals surface area (Å²) in [5.41, 5.74) is 0.761. The smallest absolute Gasteiger partial charge is 0.372 e. The molecule has 0 atom stereocenters. The molecule has 4 nitrogen and oxygen atoms in total. The Labute approximate surface area is 91.0 Å². The summed E-state index contributed by atoms with van der Waals surface area (Å²) < 4.78 is 14.8. The van der Waals surface area contributed by atoms with Crippen LogP contribution in [-0.2, 0) is 0 Å². The van der Waals surface area contributed by atoms with Crippen LogP contribution >= 0.6 is 0 Å². The largest absolute Gasteiger partial charge is 0.475 e. The van der Waals surface area contributed by atoms with Gasteiger partial charge in [-0.1, -0.05) is 12.1 Å². The van der Waals surface area contributed by atoms with Crippen molar-refractivity contribution in [1.29, 1.82) is 0 Å². The maximum absolute atomic E-state index is 13.5. The number of carboxylic acids is 1. The minimum atomic E-state index is -1.18. The van der Waals surface area contributed by atoms with Crippen LogP contribution in [0.4, 0.5) is 4.39 Å². The second-order valence-corrected chi connectivity index (χ2v) is 3.32. The molecule has 5 heteroatoms. The maximum Gasteiger partial charge on any atom is 0.372 e.